The third-order valence-corrected chi connectivity index (χ3v) is 4.25. The Balaban J connectivity index is 2.37. The number of rotatable bonds is 3. The minimum Gasteiger partial charge on any atom is -0.280 e. The van der Waals surface area contributed by atoms with Gasteiger partial charge in [-0.25, -0.2) is 8.42 Å². The molecular formula is C15H11N3O2S. The zero-order valence-corrected chi connectivity index (χ0v) is 12.0. The van der Waals surface area contributed by atoms with Gasteiger partial charge in [0.2, 0.25) is 0 Å². The molecule has 0 spiro atoms. The Kier molecular flexibility index (Phi) is 3.93. The van der Waals surface area contributed by atoms with E-state index in [1.807, 2.05) is 12.1 Å². The summed E-state index contributed by atoms with van der Waals surface area (Å²) >= 11 is 0. The minimum atomic E-state index is -3.75. The van der Waals surface area contributed by atoms with Gasteiger partial charge in [-0.2, -0.15) is 10.5 Å². The lowest BCUT2D eigenvalue weighted by molar-refractivity contribution is 0.601. The van der Waals surface area contributed by atoms with Gasteiger partial charge in [-0.15, -0.1) is 0 Å². The average Bonchev–Trinajstić information content (AvgIpc) is 2.47. The molecule has 2 rings (SSSR count). The van der Waals surface area contributed by atoms with Crippen LogP contribution >= 0.6 is 0 Å². The van der Waals surface area contributed by atoms with Crippen molar-refractivity contribution >= 4 is 15.7 Å². The number of hydrogen-bond donors (Lipinski definition) is 1. The maximum atomic E-state index is 12.3. The first-order chi connectivity index (χ1) is 9.96. The number of benzene rings is 2. The van der Waals surface area contributed by atoms with Crippen LogP contribution < -0.4 is 4.72 Å². The van der Waals surface area contributed by atoms with Crippen LogP contribution in [0, 0.1) is 29.6 Å². The molecule has 0 atom stereocenters. The Morgan fingerprint density at radius 3 is 2.43 bits per heavy atom. The van der Waals surface area contributed by atoms with E-state index in [1.165, 1.54) is 24.3 Å². The summed E-state index contributed by atoms with van der Waals surface area (Å²) in [4.78, 5) is 0.0707. The maximum Gasteiger partial charge on any atom is 0.261 e. The second kappa shape index (κ2) is 5.66. The molecule has 104 valence electrons. The van der Waals surface area contributed by atoms with Gasteiger partial charge in [0.05, 0.1) is 33.8 Å². The van der Waals surface area contributed by atoms with Crippen molar-refractivity contribution in [1.29, 1.82) is 10.5 Å². The molecule has 0 aromatic heterocycles. The van der Waals surface area contributed by atoms with Crippen molar-refractivity contribution in [2.45, 2.75) is 11.8 Å². The molecule has 2 aromatic rings. The van der Waals surface area contributed by atoms with Gasteiger partial charge in [0.15, 0.2) is 0 Å². The Hall–Kier alpha value is -2.83. The third kappa shape index (κ3) is 3.19. The Morgan fingerprint density at radius 1 is 1.05 bits per heavy atom. The number of nitrogens with one attached hydrogen (secondary N) is 1. The molecule has 0 radical (unpaired) electrons. The van der Waals surface area contributed by atoms with E-state index in [0.29, 0.717) is 22.4 Å². The molecule has 0 aliphatic carbocycles. The Bertz CT molecular complexity index is 875. The van der Waals surface area contributed by atoms with E-state index >= 15 is 0 Å². The highest BCUT2D eigenvalue weighted by Gasteiger charge is 2.15. The molecule has 0 fully saturated rings. The molecule has 0 unspecified atom stereocenters. The lowest BCUT2D eigenvalue weighted by Gasteiger charge is -2.09. The summed E-state index contributed by atoms with van der Waals surface area (Å²) in [5, 5.41) is 17.7. The lowest BCUT2D eigenvalue weighted by Crippen LogP contribution is -2.13. The molecular weight excluding hydrogens is 286 g/mol. The molecule has 6 heteroatoms. The predicted molar refractivity (Wildman–Crippen MR) is 77.9 cm³/mol. The Labute approximate surface area is 123 Å². The van der Waals surface area contributed by atoms with Gasteiger partial charge in [0.25, 0.3) is 10.0 Å². The fourth-order valence-corrected chi connectivity index (χ4v) is 2.93. The van der Waals surface area contributed by atoms with E-state index in [4.69, 9.17) is 10.5 Å². The van der Waals surface area contributed by atoms with Gasteiger partial charge >= 0.3 is 0 Å². The van der Waals surface area contributed by atoms with Gasteiger partial charge in [0, 0.05) is 0 Å². The van der Waals surface area contributed by atoms with Crippen molar-refractivity contribution in [2.75, 3.05) is 4.72 Å². The number of nitrogens with zero attached hydrogens (tertiary/aromatic N) is 2. The second-order valence-corrected chi connectivity index (χ2v) is 6.07. The van der Waals surface area contributed by atoms with Crippen molar-refractivity contribution in [3.05, 3.63) is 59.2 Å². The summed E-state index contributed by atoms with van der Waals surface area (Å²) in [7, 11) is -3.75. The number of hydrogen-bond acceptors (Lipinski definition) is 4. The summed E-state index contributed by atoms with van der Waals surface area (Å²) in [5.74, 6) is 0. The normalized spacial score (nSPS) is 10.4. The molecule has 21 heavy (non-hydrogen) atoms. The zero-order chi connectivity index (χ0) is 15.5. The predicted octanol–water partition coefficient (Wildman–Crippen LogP) is 2.54. The highest BCUT2D eigenvalue weighted by atomic mass is 32.2. The first-order valence-electron chi connectivity index (χ1n) is 6.00. The third-order valence-electron chi connectivity index (χ3n) is 2.87. The van der Waals surface area contributed by atoms with Crippen molar-refractivity contribution < 1.29 is 8.42 Å². The van der Waals surface area contributed by atoms with Gasteiger partial charge in [-0.05, 0) is 48.9 Å². The number of aryl methyl sites for hydroxylation is 1. The molecule has 0 heterocycles. The monoisotopic (exact) mass is 297 g/mol. The van der Waals surface area contributed by atoms with Gasteiger partial charge in [-0.1, -0.05) is 6.07 Å². The Morgan fingerprint density at radius 2 is 1.81 bits per heavy atom. The van der Waals surface area contributed by atoms with Crippen molar-refractivity contribution in [3.63, 3.8) is 0 Å². The molecule has 0 aliphatic heterocycles. The van der Waals surface area contributed by atoms with E-state index in [0.717, 1.165) is 0 Å². The van der Waals surface area contributed by atoms with Crippen molar-refractivity contribution in [1.82, 2.24) is 0 Å². The molecule has 0 saturated heterocycles. The first-order valence-corrected chi connectivity index (χ1v) is 7.48. The summed E-state index contributed by atoms with van der Waals surface area (Å²) in [5.41, 5.74) is 1.70. The van der Waals surface area contributed by atoms with Crippen molar-refractivity contribution in [3.8, 4) is 12.1 Å². The smallest absolute Gasteiger partial charge is 0.261 e. The fourth-order valence-electron chi connectivity index (χ4n) is 1.80. The molecule has 1 N–H and O–H groups in total. The topological polar surface area (TPSA) is 93.8 Å². The van der Waals surface area contributed by atoms with E-state index in [-0.39, 0.29) is 4.90 Å². The minimum absolute atomic E-state index is 0.0707. The molecule has 0 saturated carbocycles. The van der Waals surface area contributed by atoms with Gasteiger partial charge in [-0.3, -0.25) is 4.72 Å². The second-order valence-electron chi connectivity index (χ2n) is 4.39. The largest absolute Gasteiger partial charge is 0.280 e. The molecule has 0 amide bonds. The van der Waals surface area contributed by atoms with Crippen LogP contribution in [0.1, 0.15) is 16.7 Å². The highest BCUT2D eigenvalue weighted by Crippen LogP contribution is 2.19. The van der Waals surface area contributed by atoms with Crippen LogP contribution in [0.15, 0.2) is 47.4 Å². The molecule has 5 nitrogen and oxygen atoms in total. The van der Waals surface area contributed by atoms with Crippen LogP contribution in [-0.2, 0) is 10.0 Å². The van der Waals surface area contributed by atoms with Crippen LogP contribution in [0.2, 0.25) is 0 Å². The molecule has 0 bridgehead atoms. The maximum absolute atomic E-state index is 12.3. The van der Waals surface area contributed by atoms with E-state index in [2.05, 4.69) is 4.72 Å². The molecule has 0 aliphatic rings. The van der Waals surface area contributed by atoms with Crippen LogP contribution in [-0.4, -0.2) is 8.42 Å². The SMILES string of the molecule is Cc1cc(S(=O)(=O)Nc2cccc(C#N)c2)ccc1C#N. The molecule has 2 aromatic carbocycles. The van der Waals surface area contributed by atoms with E-state index in [9.17, 15) is 8.42 Å². The van der Waals surface area contributed by atoms with Crippen LogP contribution in [0.5, 0.6) is 0 Å². The van der Waals surface area contributed by atoms with Crippen LogP contribution in [0.25, 0.3) is 0 Å². The van der Waals surface area contributed by atoms with Crippen molar-refractivity contribution in [2.24, 2.45) is 0 Å². The van der Waals surface area contributed by atoms with E-state index in [1.54, 1.807) is 25.1 Å². The van der Waals surface area contributed by atoms with Gasteiger partial charge < -0.3 is 0 Å². The quantitative estimate of drug-likeness (QED) is 0.942. The number of anilines is 1. The summed E-state index contributed by atoms with van der Waals surface area (Å²) in [6, 6.07) is 14.4. The summed E-state index contributed by atoms with van der Waals surface area (Å²) < 4.78 is 27.0. The fraction of sp³-hybridized carbons (Fsp3) is 0.0667. The first kappa shape index (κ1) is 14.6. The highest BCUT2D eigenvalue weighted by molar-refractivity contribution is 7.92. The zero-order valence-electron chi connectivity index (χ0n) is 11.2. The summed E-state index contributed by atoms with van der Waals surface area (Å²) in [6.07, 6.45) is 0. The number of nitriles is 2. The summed E-state index contributed by atoms with van der Waals surface area (Å²) in [6.45, 7) is 1.67. The van der Waals surface area contributed by atoms with Crippen LogP contribution in [0.3, 0.4) is 0 Å². The number of sulfonamides is 1. The average molecular weight is 297 g/mol. The van der Waals surface area contributed by atoms with Gasteiger partial charge in [0.1, 0.15) is 0 Å². The lowest BCUT2D eigenvalue weighted by atomic mass is 10.1. The standard InChI is InChI=1S/C15H11N3O2S/c1-11-7-15(6-5-13(11)10-17)21(19,20)18-14-4-2-3-12(8-14)9-16/h2-8,18H,1H3. The van der Waals surface area contributed by atoms with E-state index < -0.39 is 10.0 Å². The van der Waals surface area contributed by atoms with Crippen LogP contribution in [0.4, 0.5) is 5.69 Å².